The van der Waals surface area contributed by atoms with Crippen molar-refractivity contribution in [2.24, 2.45) is 0 Å². The zero-order chi connectivity index (χ0) is 13.9. The van der Waals surface area contributed by atoms with Crippen LogP contribution in [0.3, 0.4) is 0 Å². The van der Waals surface area contributed by atoms with E-state index >= 15 is 0 Å². The summed E-state index contributed by atoms with van der Waals surface area (Å²) in [5.41, 5.74) is 4.68. The van der Waals surface area contributed by atoms with E-state index in [1.165, 1.54) is 50.5 Å². The Morgan fingerprint density at radius 2 is 1.90 bits per heavy atom. The van der Waals surface area contributed by atoms with Gasteiger partial charge >= 0.3 is 0 Å². The smallest absolute Gasteiger partial charge is 0.136 e. The third-order valence-corrected chi connectivity index (χ3v) is 5.39. The summed E-state index contributed by atoms with van der Waals surface area (Å²) in [5.74, 6) is 1.76. The van der Waals surface area contributed by atoms with Crippen LogP contribution in [0.5, 0.6) is 5.75 Å². The fraction of sp³-hybridized carbons (Fsp3) is 0.647. The summed E-state index contributed by atoms with van der Waals surface area (Å²) in [6.45, 7) is 2.27. The van der Waals surface area contributed by atoms with E-state index in [9.17, 15) is 0 Å². The van der Waals surface area contributed by atoms with Crippen molar-refractivity contribution in [1.29, 1.82) is 0 Å². The zero-order valence-corrected chi connectivity index (χ0v) is 13.9. The molecular weight excluding hydrogens is 314 g/mol. The maximum atomic E-state index is 5.77. The Balaban J connectivity index is 2.09. The number of halogens is 1. The minimum absolute atomic E-state index is 0.663. The summed E-state index contributed by atoms with van der Waals surface area (Å²) in [4.78, 5) is 0. The van der Waals surface area contributed by atoms with E-state index in [1.807, 2.05) is 7.11 Å². The first kappa shape index (κ1) is 14.4. The van der Waals surface area contributed by atoms with E-state index in [1.54, 1.807) is 11.1 Å². The summed E-state index contributed by atoms with van der Waals surface area (Å²) in [5, 5.41) is 3.48. The first-order chi connectivity index (χ1) is 9.81. The molecule has 1 heterocycles. The van der Waals surface area contributed by atoms with Crippen LogP contribution in [0.2, 0.25) is 0 Å². The van der Waals surface area contributed by atoms with Gasteiger partial charge in [-0.3, -0.25) is 0 Å². The van der Waals surface area contributed by atoms with Gasteiger partial charge in [-0.15, -0.1) is 0 Å². The van der Waals surface area contributed by atoms with Crippen LogP contribution in [0.15, 0.2) is 10.5 Å². The summed E-state index contributed by atoms with van der Waals surface area (Å²) >= 11 is 3.74. The zero-order valence-electron chi connectivity index (χ0n) is 12.3. The average Bonchev–Trinajstić information content (AvgIpc) is 2.71. The monoisotopic (exact) mass is 337 g/mol. The number of benzene rings is 1. The fourth-order valence-electron chi connectivity index (χ4n) is 3.81. The van der Waals surface area contributed by atoms with Gasteiger partial charge in [0.15, 0.2) is 0 Å². The third-order valence-electron chi connectivity index (χ3n) is 4.80. The van der Waals surface area contributed by atoms with Crippen LogP contribution in [0.4, 0.5) is 0 Å². The lowest BCUT2D eigenvalue weighted by atomic mass is 9.83. The molecular formula is C17H24BrNO. The van der Waals surface area contributed by atoms with Gasteiger partial charge in [0, 0.05) is 5.56 Å². The van der Waals surface area contributed by atoms with Gasteiger partial charge < -0.3 is 10.1 Å². The van der Waals surface area contributed by atoms with Gasteiger partial charge in [-0.2, -0.15) is 0 Å². The lowest BCUT2D eigenvalue weighted by Crippen LogP contribution is -2.27. The van der Waals surface area contributed by atoms with Crippen molar-refractivity contribution in [3.05, 3.63) is 27.2 Å². The number of ether oxygens (including phenoxy) is 1. The van der Waals surface area contributed by atoms with Gasteiger partial charge in [0.1, 0.15) is 5.75 Å². The van der Waals surface area contributed by atoms with E-state index < -0.39 is 0 Å². The summed E-state index contributed by atoms with van der Waals surface area (Å²) < 4.78 is 6.92. The Hall–Kier alpha value is -0.540. The number of methoxy groups -OCH3 is 1. The fourth-order valence-corrected chi connectivity index (χ4v) is 4.46. The number of hydrogen-bond donors (Lipinski definition) is 1. The second kappa shape index (κ2) is 6.48. The molecule has 0 atom stereocenters. The molecule has 0 radical (unpaired) electrons. The van der Waals surface area contributed by atoms with Gasteiger partial charge in [-0.05, 0) is 90.7 Å². The van der Waals surface area contributed by atoms with Gasteiger partial charge in [-0.25, -0.2) is 0 Å². The highest BCUT2D eigenvalue weighted by Crippen LogP contribution is 2.43. The van der Waals surface area contributed by atoms with E-state index in [0.717, 1.165) is 23.3 Å². The maximum absolute atomic E-state index is 5.77. The van der Waals surface area contributed by atoms with Gasteiger partial charge in [0.05, 0.1) is 11.6 Å². The van der Waals surface area contributed by atoms with E-state index in [4.69, 9.17) is 4.74 Å². The number of piperidine rings is 1. The van der Waals surface area contributed by atoms with Crippen LogP contribution >= 0.6 is 15.9 Å². The van der Waals surface area contributed by atoms with Crippen LogP contribution < -0.4 is 10.1 Å². The Morgan fingerprint density at radius 3 is 2.65 bits per heavy atom. The molecule has 1 fully saturated rings. The quantitative estimate of drug-likeness (QED) is 0.817. The second-order valence-corrected chi connectivity index (χ2v) is 6.88. The number of aryl methyl sites for hydroxylation is 1. The number of hydrogen-bond acceptors (Lipinski definition) is 2. The molecule has 110 valence electrons. The SMILES string of the molecule is COc1c(Br)cc2c(c1C1CCNCC1)CCCCC2. The molecule has 0 amide bonds. The lowest BCUT2D eigenvalue weighted by molar-refractivity contribution is 0.387. The Bertz CT molecular complexity index is 480. The summed E-state index contributed by atoms with van der Waals surface area (Å²) in [7, 11) is 1.81. The summed E-state index contributed by atoms with van der Waals surface area (Å²) in [6.07, 6.45) is 8.96. The largest absolute Gasteiger partial charge is 0.495 e. The molecule has 0 aromatic heterocycles. The molecule has 1 saturated heterocycles. The van der Waals surface area contributed by atoms with E-state index in [-0.39, 0.29) is 0 Å². The standard InChI is InChI=1S/C17H24BrNO/c1-20-17-15(18)11-13-5-3-2-4-6-14(13)16(17)12-7-9-19-10-8-12/h11-12,19H,2-10H2,1H3. The van der Waals surface area contributed by atoms with Crippen LogP contribution in [0, 0.1) is 0 Å². The minimum atomic E-state index is 0.663. The highest BCUT2D eigenvalue weighted by Gasteiger charge is 2.26. The summed E-state index contributed by atoms with van der Waals surface area (Å²) in [6, 6.07) is 2.31. The predicted molar refractivity (Wildman–Crippen MR) is 86.8 cm³/mol. The topological polar surface area (TPSA) is 21.3 Å². The molecule has 0 unspecified atom stereocenters. The molecule has 0 saturated carbocycles. The highest BCUT2D eigenvalue weighted by atomic mass is 79.9. The molecule has 20 heavy (non-hydrogen) atoms. The Labute approximate surface area is 130 Å². The lowest BCUT2D eigenvalue weighted by Gasteiger charge is -2.28. The van der Waals surface area contributed by atoms with Crippen molar-refractivity contribution in [2.45, 2.75) is 50.9 Å². The van der Waals surface area contributed by atoms with Crippen LogP contribution in [-0.2, 0) is 12.8 Å². The first-order valence-electron chi connectivity index (χ1n) is 7.90. The van der Waals surface area contributed by atoms with Crippen LogP contribution in [0.25, 0.3) is 0 Å². The molecule has 3 rings (SSSR count). The van der Waals surface area contributed by atoms with Crippen LogP contribution in [-0.4, -0.2) is 20.2 Å². The molecule has 0 spiro atoms. The number of nitrogens with one attached hydrogen (secondary N) is 1. The van der Waals surface area contributed by atoms with Crippen molar-refractivity contribution in [2.75, 3.05) is 20.2 Å². The van der Waals surface area contributed by atoms with Gasteiger partial charge in [0.2, 0.25) is 0 Å². The molecule has 1 aromatic rings. The van der Waals surface area contributed by atoms with Crippen molar-refractivity contribution < 1.29 is 4.74 Å². The highest BCUT2D eigenvalue weighted by molar-refractivity contribution is 9.10. The Kier molecular flexibility index (Phi) is 4.67. The molecule has 1 N–H and O–H groups in total. The molecule has 2 aliphatic rings. The molecule has 3 heteroatoms. The molecule has 1 aromatic carbocycles. The molecule has 1 aliphatic carbocycles. The second-order valence-electron chi connectivity index (χ2n) is 6.03. The van der Waals surface area contributed by atoms with Gasteiger partial charge in [0.25, 0.3) is 0 Å². The van der Waals surface area contributed by atoms with Gasteiger partial charge in [-0.1, -0.05) is 6.42 Å². The molecule has 2 nitrogen and oxygen atoms in total. The predicted octanol–water partition coefficient (Wildman–Crippen LogP) is 4.19. The van der Waals surface area contributed by atoms with Crippen molar-refractivity contribution >= 4 is 15.9 Å². The number of rotatable bonds is 2. The Morgan fingerprint density at radius 1 is 1.15 bits per heavy atom. The van der Waals surface area contributed by atoms with Crippen molar-refractivity contribution in [1.82, 2.24) is 5.32 Å². The first-order valence-corrected chi connectivity index (χ1v) is 8.69. The van der Waals surface area contributed by atoms with E-state index in [0.29, 0.717) is 5.92 Å². The number of fused-ring (bicyclic) bond motifs is 1. The average molecular weight is 338 g/mol. The molecule has 1 aliphatic heterocycles. The van der Waals surface area contributed by atoms with E-state index in [2.05, 4.69) is 27.3 Å². The molecule has 0 bridgehead atoms. The maximum Gasteiger partial charge on any atom is 0.136 e. The van der Waals surface area contributed by atoms with Crippen molar-refractivity contribution in [3.63, 3.8) is 0 Å². The van der Waals surface area contributed by atoms with Crippen LogP contribution in [0.1, 0.15) is 54.7 Å². The van der Waals surface area contributed by atoms with Crippen molar-refractivity contribution in [3.8, 4) is 5.75 Å². The third kappa shape index (κ3) is 2.75. The minimum Gasteiger partial charge on any atom is -0.495 e. The normalized spacial score (nSPS) is 20.3.